The molecule has 0 bridgehead atoms. The van der Waals surface area contributed by atoms with Crippen LogP contribution >= 0.6 is 0 Å². The van der Waals surface area contributed by atoms with Crippen molar-refractivity contribution >= 4 is 12.4 Å². The van der Waals surface area contributed by atoms with Crippen LogP contribution in [-0.2, 0) is 4.79 Å². The molecule has 102 valence electrons. The molecule has 1 aromatic carbocycles. The highest BCUT2D eigenvalue weighted by molar-refractivity contribution is 5.60. The molecule has 0 spiro atoms. The predicted octanol–water partition coefficient (Wildman–Crippen LogP) is 4.88. The lowest BCUT2D eigenvalue weighted by atomic mass is 9.69. The minimum absolute atomic E-state index is 0.175. The van der Waals surface area contributed by atoms with Crippen molar-refractivity contribution in [3.8, 4) is 0 Å². The first-order chi connectivity index (χ1) is 9.24. The van der Waals surface area contributed by atoms with Gasteiger partial charge in [-0.1, -0.05) is 68.7 Å². The largest absolute Gasteiger partial charge is 0.303 e. The number of carbonyl (C=O) groups is 1. The summed E-state index contributed by atoms with van der Waals surface area (Å²) in [5.74, 6) is 0.569. The minimum atomic E-state index is -0.175. The van der Waals surface area contributed by atoms with Gasteiger partial charge in [0.2, 0.25) is 0 Å². The molecule has 1 saturated carbocycles. The van der Waals surface area contributed by atoms with Crippen LogP contribution in [0.2, 0.25) is 0 Å². The predicted molar refractivity (Wildman–Crippen MR) is 80.8 cm³/mol. The second-order valence-electron chi connectivity index (χ2n) is 5.98. The number of rotatable bonds is 5. The lowest BCUT2D eigenvalue weighted by molar-refractivity contribution is -0.118. The Hall–Kier alpha value is -1.37. The molecule has 1 atom stereocenters. The van der Waals surface area contributed by atoms with Crippen LogP contribution in [0.4, 0.5) is 0 Å². The zero-order valence-electron chi connectivity index (χ0n) is 11.8. The quantitative estimate of drug-likeness (QED) is 0.686. The molecule has 0 radical (unpaired) electrons. The van der Waals surface area contributed by atoms with Crippen LogP contribution in [0, 0.1) is 11.3 Å². The Morgan fingerprint density at radius 2 is 1.84 bits per heavy atom. The van der Waals surface area contributed by atoms with Crippen molar-refractivity contribution in [1.29, 1.82) is 0 Å². The Morgan fingerprint density at radius 3 is 2.47 bits per heavy atom. The third-order valence-electron chi connectivity index (χ3n) is 4.47. The third-order valence-corrected chi connectivity index (χ3v) is 4.47. The summed E-state index contributed by atoms with van der Waals surface area (Å²) in [6, 6.07) is 10.3. The molecule has 19 heavy (non-hydrogen) atoms. The molecule has 1 aliphatic rings. The summed E-state index contributed by atoms with van der Waals surface area (Å²) in [7, 11) is 0. The van der Waals surface area contributed by atoms with Gasteiger partial charge >= 0.3 is 0 Å². The molecular weight excluding hydrogens is 232 g/mol. The van der Waals surface area contributed by atoms with E-state index in [9.17, 15) is 4.79 Å². The Morgan fingerprint density at radius 1 is 1.16 bits per heavy atom. The van der Waals surface area contributed by atoms with E-state index in [0.29, 0.717) is 5.92 Å². The molecule has 0 N–H and O–H groups in total. The summed E-state index contributed by atoms with van der Waals surface area (Å²) in [5.41, 5.74) is 1.03. The first-order valence-electron chi connectivity index (χ1n) is 7.42. The van der Waals surface area contributed by atoms with Gasteiger partial charge in [0.1, 0.15) is 6.29 Å². The Kier molecular flexibility index (Phi) is 4.95. The van der Waals surface area contributed by atoms with E-state index in [2.05, 4.69) is 31.2 Å². The summed E-state index contributed by atoms with van der Waals surface area (Å²) < 4.78 is 0. The molecule has 1 heteroatoms. The van der Waals surface area contributed by atoms with Crippen molar-refractivity contribution in [1.82, 2.24) is 0 Å². The first-order valence-corrected chi connectivity index (χ1v) is 7.42. The highest BCUT2D eigenvalue weighted by atomic mass is 16.1. The molecule has 1 nitrogen and oxygen atoms in total. The number of hydrogen-bond donors (Lipinski definition) is 0. The molecule has 0 heterocycles. The Bertz CT molecular complexity index is 415. The zero-order valence-corrected chi connectivity index (χ0v) is 11.8. The SMILES string of the molecule is C[C@](C=O)(C/C=C/c1ccccc1)C1CCCCC1. The van der Waals surface area contributed by atoms with Crippen molar-refractivity contribution in [2.75, 3.05) is 0 Å². The molecular formula is C18H24O. The van der Waals surface area contributed by atoms with Gasteiger partial charge in [-0.2, -0.15) is 0 Å². The van der Waals surface area contributed by atoms with Crippen LogP contribution < -0.4 is 0 Å². The zero-order chi connectivity index (χ0) is 13.6. The summed E-state index contributed by atoms with van der Waals surface area (Å²) >= 11 is 0. The minimum Gasteiger partial charge on any atom is -0.303 e. The molecule has 0 unspecified atom stereocenters. The second kappa shape index (κ2) is 6.70. The molecule has 1 aromatic rings. The van der Waals surface area contributed by atoms with E-state index in [1.807, 2.05) is 18.2 Å². The maximum atomic E-state index is 11.5. The van der Waals surface area contributed by atoms with Crippen LogP contribution in [0.3, 0.4) is 0 Å². The fourth-order valence-electron chi connectivity index (χ4n) is 3.09. The number of aldehydes is 1. The van der Waals surface area contributed by atoms with E-state index in [0.717, 1.165) is 6.42 Å². The first kappa shape index (κ1) is 14.0. The normalized spacial score (nSPS) is 20.3. The standard InChI is InChI=1S/C18H24O/c1-18(15-19,17-12-6-3-7-13-17)14-8-11-16-9-4-2-5-10-16/h2,4-5,8-11,15,17H,3,6-7,12-14H2,1H3/b11-8+/t18-/m1/s1. The Balaban J connectivity index is 1.98. The van der Waals surface area contributed by atoms with Crippen molar-refractivity contribution in [3.05, 3.63) is 42.0 Å². The monoisotopic (exact) mass is 256 g/mol. The summed E-state index contributed by atoms with van der Waals surface area (Å²) in [6.45, 7) is 2.13. The fraction of sp³-hybridized carbons (Fsp3) is 0.500. The van der Waals surface area contributed by atoms with Crippen LogP contribution in [0.25, 0.3) is 6.08 Å². The van der Waals surface area contributed by atoms with Gasteiger partial charge in [0.05, 0.1) is 0 Å². The number of benzene rings is 1. The van der Waals surface area contributed by atoms with Gasteiger partial charge in [0, 0.05) is 5.41 Å². The van der Waals surface area contributed by atoms with E-state index in [1.165, 1.54) is 44.0 Å². The summed E-state index contributed by atoms with van der Waals surface area (Å²) in [5, 5.41) is 0. The van der Waals surface area contributed by atoms with Crippen LogP contribution in [0.1, 0.15) is 51.0 Å². The van der Waals surface area contributed by atoms with Crippen LogP contribution in [0.5, 0.6) is 0 Å². The average Bonchev–Trinajstić information content (AvgIpc) is 2.49. The lowest BCUT2D eigenvalue weighted by Gasteiger charge is -2.35. The van der Waals surface area contributed by atoms with E-state index >= 15 is 0 Å². The maximum absolute atomic E-state index is 11.5. The van der Waals surface area contributed by atoms with Crippen molar-refractivity contribution in [2.45, 2.75) is 45.4 Å². The molecule has 1 aliphatic carbocycles. The summed E-state index contributed by atoms with van der Waals surface area (Å²) in [6.07, 6.45) is 12.7. The van der Waals surface area contributed by atoms with Crippen LogP contribution in [-0.4, -0.2) is 6.29 Å². The number of carbonyl (C=O) groups excluding carboxylic acids is 1. The Labute approximate surface area is 116 Å². The van der Waals surface area contributed by atoms with Gasteiger partial charge in [-0.25, -0.2) is 0 Å². The van der Waals surface area contributed by atoms with Gasteiger partial charge < -0.3 is 4.79 Å². The van der Waals surface area contributed by atoms with Gasteiger partial charge in [-0.05, 0) is 30.7 Å². The topological polar surface area (TPSA) is 17.1 Å². The maximum Gasteiger partial charge on any atom is 0.126 e. The van der Waals surface area contributed by atoms with E-state index in [1.54, 1.807) is 0 Å². The molecule has 0 aliphatic heterocycles. The van der Waals surface area contributed by atoms with E-state index < -0.39 is 0 Å². The van der Waals surface area contributed by atoms with E-state index in [-0.39, 0.29) is 5.41 Å². The fourth-order valence-corrected chi connectivity index (χ4v) is 3.09. The number of hydrogen-bond acceptors (Lipinski definition) is 1. The molecule has 0 aromatic heterocycles. The van der Waals surface area contributed by atoms with Gasteiger partial charge in [0.15, 0.2) is 0 Å². The van der Waals surface area contributed by atoms with Crippen molar-refractivity contribution in [2.24, 2.45) is 11.3 Å². The smallest absolute Gasteiger partial charge is 0.126 e. The highest BCUT2D eigenvalue weighted by Crippen LogP contribution is 2.39. The third kappa shape index (κ3) is 3.79. The van der Waals surface area contributed by atoms with E-state index in [4.69, 9.17) is 0 Å². The molecule has 1 fully saturated rings. The van der Waals surface area contributed by atoms with Gasteiger partial charge in [-0.15, -0.1) is 0 Å². The molecule has 0 amide bonds. The summed E-state index contributed by atoms with van der Waals surface area (Å²) in [4.78, 5) is 11.5. The molecule has 2 rings (SSSR count). The lowest BCUT2D eigenvalue weighted by Crippen LogP contribution is -2.30. The molecule has 0 saturated heterocycles. The van der Waals surface area contributed by atoms with Crippen molar-refractivity contribution in [3.63, 3.8) is 0 Å². The second-order valence-corrected chi connectivity index (χ2v) is 5.98. The van der Waals surface area contributed by atoms with Crippen molar-refractivity contribution < 1.29 is 4.79 Å². The number of allylic oxidation sites excluding steroid dienone is 1. The van der Waals surface area contributed by atoms with Crippen LogP contribution in [0.15, 0.2) is 36.4 Å². The average molecular weight is 256 g/mol. The van der Waals surface area contributed by atoms with Gasteiger partial charge in [0.25, 0.3) is 0 Å². The highest BCUT2D eigenvalue weighted by Gasteiger charge is 2.33. The van der Waals surface area contributed by atoms with Gasteiger partial charge in [-0.3, -0.25) is 0 Å².